The summed E-state index contributed by atoms with van der Waals surface area (Å²) in [7, 11) is 0. The van der Waals surface area contributed by atoms with Gasteiger partial charge in [0.2, 0.25) is 5.91 Å². The maximum Gasteiger partial charge on any atom is 0.227 e. The van der Waals surface area contributed by atoms with Crippen molar-refractivity contribution in [1.29, 1.82) is 0 Å². The summed E-state index contributed by atoms with van der Waals surface area (Å²) in [5, 5.41) is 14.0. The van der Waals surface area contributed by atoms with Crippen LogP contribution in [0.1, 0.15) is 25.9 Å². The molecule has 0 aliphatic carbocycles. The maximum absolute atomic E-state index is 11.8. The van der Waals surface area contributed by atoms with Gasteiger partial charge in [0.25, 0.3) is 0 Å². The SMILES string of the molecule is Cc1nc(CC(=O)NCc2ccccc2)sc1C(=O)[O-]. The van der Waals surface area contributed by atoms with Crippen molar-refractivity contribution in [2.45, 2.75) is 19.9 Å². The number of hydrogen-bond acceptors (Lipinski definition) is 5. The lowest BCUT2D eigenvalue weighted by molar-refractivity contribution is -0.254. The molecule has 0 fully saturated rings. The quantitative estimate of drug-likeness (QED) is 0.877. The van der Waals surface area contributed by atoms with Gasteiger partial charge in [-0.25, -0.2) is 4.98 Å². The minimum Gasteiger partial charge on any atom is -0.544 e. The lowest BCUT2D eigenvalue weighted by Crippen LogP contribution is -2.24. The largest absolute Gasteiger partial charge is 0.544 e. The van der Waals surface area contributed by atoms with Gasteiger partial charge in [0, 0.05) is 6.54 Å². The summed E-state index contributed by atoms with van der Waals surface area (Å²) in [5.41, 5.74) is 1.40. The molecule has 104 valence electrons. The molecule has 1 aromatic carbocycles. The van der Waals surface area contributed by atoms with E-state index in [0.717, 1.165) is 16.9 Å². The van der Waals surface area contributed by atoms with Crippen LogP contribution in [-0.4, -0.2) is 16.9 Å². The summed E-state index contributed by atoms with van der Waals surface area (Å²) in [6, 6.07) is 9.55. The number of carboxylic acid groups (broad SMARTS) is 1. The van der Waals surface area contributed by atoms with Gasteiger partial charge in [-0.05, 0) is 12.5 Å². The molecule has 0 saturated carbocycles. The molecule has 0 saturated heterocycles. The van der Waals surface area contributed by atoms with E-state index in [2.05, 4.69) is 10.3 Å². The number of aryl methyl sites for hydroxylation is 1. The minimum absolute atomic E-state index is 0.0750. The zero-order chi connectivity index (χ0) is 14.5. The van der Waals surface area contributed by atoms with Crippen LogP contribution >= 0.6 is 11.3 Å². The summed E-state index contributed by atoms with van der Waals surface area (Å²) < 4.78 is 0. The van der Waals surface area contributed by atoms with Gasteiger partial charge in [-0.3, -0.25) is 4.79 Å². The molecule has 0 atom stereocenters. The molecule has 1 N–H and O–H groups in total. The van der Waals surface area contributed by atoms with E-state index in [1.54, 1.807) is 6.92 Å². The van der Waals surface area contributed by atoms with E-state index >= 15 is 0 Å². The fraction of sp³-hybridized carbons (Fsp3) is 0.214. The third-order valence-electron chi connectivity index (χ3n) is 2.67. The molecule has 5 nitrogen and oxygen atoms in total. The van der Waals surface area contributed by atoms with Crippen LogP contribution in [0.25, 0.3) is 0 Å². The second-order valence-electron chi connectivity index (χ2n) is 4.25. The second-order valence-corrected chi connectivity index (χ2v) is 5.33. The van der Waals surface area contributed by atoms with Gasteiger partial charge in [-0.15, -0.1) is 11.3 Å². The van der Waals surface area contributed by atoms with Crippen molar-refractivity contribution < 1.29 is 14.7 Å². The Morgan fingerprint density at radius 1 is 1.30 bits per heavy atom. The van der Waals surface area contributed by atoms with Gasteiger partial charge in [-0.2, -0.15) is 0 Å². The highest BCUT2D eigenvalue weighted by atomic mass is 32.1. The Labute approximate surface area is 120 Å². The Kier molecular flexibility index (Phi) is 4.47. The molecule has 0 spiro atoms. The zero-order valence-corrected chi connectivity index (χ0v) is 11.7. The van der Waals surface area contributed by atoms with E-state index in [9.17, 15) is 14.7 Å². The molecule has 20 heavy (non-hydrogen) atoms. The highest BCUT2D eigenvalue weighted by molar-refractivity contribution is 7.13. The highest BCUT2D eigenvalue weighted by Gasteiger charge is 2.11. The summed E-state index contributed by atoms with van der Waals surface area (Å²) >= 11 is 0.984. The Balaban J connectivity index is 1.92. The van der Waals surface area contributed by atoms with Gasteiger partial charge >= 0.3 is 0 Å². The van der Waals surface area contributed by atoms with Crippen LogP contribution in [0.4, 0.5) is 0 Å². The van der Waals surface area contributed by atoms with E-state index in [0.29, 0.717) is 17.2 Å². The molecule has 0 radical (unpaired) electrons. The number of aromatic nitrogens is 1. The molecule has 1 amide bonds. The Morgan fingerprint density at radius 2 is 2.00 bits per heavy atom. The number of rotatable bonds is 5. The molecule has 2 rings (SSSR count). The molecule has 0 aliphatic heterocycles. The molecule has 0 bridgehead atoms. The first-order valence-electron chi connectivity index (χ1n) is 6.04. The lowest BCUT2D eigenvalue weighted by Gasteiger charge is -2.03. The molecule has 6 heteroatoms. The van der Waals surface area contributed by atoms with Crippen LogP contribution in [0.15, 0.2) is 30.3 Å². The number of nitrogens with zero attached hydrogens (tertiary/aromatic N) is 1. The molecular formula is C14H13N2O3S-. The van der Waals surface area contributed by atoms with Crippen LogP contribution in [0.3, 0.4) is 0 Å². The number of thiazole rings is 1. The van der Waals surface area contributed by atoms with Crippen LogP contribution in [0.2, 0.25) is 0 Å². The van der Waals surface area contributed by atoms with Crippen LogP contribution in [0, 0.1) is 6.92 Å². The van der Waals surface area contributed by atoms with Crippen molar-refractivity contribution in [3.8, 4) is 0 Å². The average Bonchev–Trinajstić information content (AvgIpc) is 2.78. The standard InChI is InChI=1S/C14H14N2O3S/c1-9-13(14(18)19)20-12(16-9)7-11(17)15-8-10-5-3-2-4-6-10/h2-6H,7-8H2,1H3,(H,15,17)(H,18,19)/p-1. The van der Waals surface area contributed by atoms with Crippen molar-refractivity contribution in [3.05, 3.63) is 51.5 Å². The summed E-state index contributed by atoms with van der Waals surface area (Å²) in [6.45, 7) is 2.03. The fourth-order valence-electron chi connectivity index (χ4n) is 1.71. The molecule has 2 aromatic rings. The molecule has 0 unspecified atom stereocenters. The van der Waals surface area contributed by atoms with Gasteiger partial charge in [0.05, 0.1) is 23.0 Å². The smallest absolute Gasteiger partial charge is 0.227 e. The predicted octanol–water partition coefficient (Wildman–Crippen LogP) is 0.674. The van der Waals surface area contributed by atoms with E-state index < -0.39 is 5.97 Å². The van der Waals surface area contributed by atoms with Gasteiger partial charge in [0.15, 0.2) is 0 Å². The first-order valence-corrected chi connectivity index (χ1v) is 6.86. The Hall–Kier alpha value is -2.21. The second kappa shape index (κ2) is 6.29. The summed E-state index contributed by atoms with van der Waals surface area (Å²) in [6.07, 6.45) is 0.0750. The molecule has 0 aliphatic rings. The number of nitrogens with one attached hydrogen (secondary N) is 1. The van der Waals surface area contributed by atoms with Crippen molar-refractivity contribution in [2.75, 3.05) is 0 Å². The van der Waals surface area contributed by atoms with Gasteiger partial charge in [0.1, 0.15) is 5.01 Å². The Morgan fingerprint density at radius 3 is 2.60 bits per heavy atom. The van der Waals surface area contributed by atoms with E-state index in [4.69, 9.17) is 0 Å². The first kappa shape index (κ1) is 14.2. The topological polar surface area (TPSA) is 82.1 Å². The van der Waals surface area contributed by atoms with Crippen molar-refractivity contribution >= 4 is 23.2 Å². The molecule has 1 aromatic heterocycles. The number of amides is 1. The number of benzene rings is 1. The van der Waals surface area contributed by atoms with Crippen molar-refractivity contribution in [2.24, 2.45) is 0 Å². The fourth-order valence-corrected chi connectivity index (χ4v) is 2.61. The van der Waals surface area contributed by atoms with Gasteiger partial charge < -0.3 is 15.2 Å². The third kappa shape index (κ3) is 3.64. The molecule has 1 heterocycles. The Bertz CT molecular complexity index is 623. The zero-order valence-electron chi connectivity index (χ0n) is 10.9. The first-order chi connectivity index (χ1) is 9.56. The minimum atomic E-state index is -1.25. The van der Waals surface area contributed by atoms with E-state index in [-0.39, 0.29) is 17.2 Å². The monoisotopic (exact) mass is 289 g/mol. The van der Waals surface area contributed by atoms with Crippen LogP contribution < -0.4 is 10.4 Å². The predicted molar refractivity (Wildman–Crippen MR) is 73.2 cm³/mol. The number of carboxylic acids is 1. The van der Waals surface area contributed by atoms with E-state index in [1.165, 1.54) is 0 Å². The summed E-state index contributed by atoms with van der Waals surface area (Å²) in [5.74, 6) is -1.44. The summed E-state index contributed by atoms with van der Waals surface area (Å²) in [4.78, 5) is 26.7. The molecular weight excluding hydrogens is 276 g/mol. The van der Waals surface area contributed by atoms with Crippen LogP contribution in [-0.2, 0) is 17.8 Å². The number of carbonyl (C=O) groups is 2. The van der Waals surface area contributed by atoms with Gasteiger partial charge in [-0.1, -0.05) is 30.3 Å². The highest BCUT2D eigenvalue weighted by Crippen LogP contribution is 2.17. The average molecular weight is 289 g/mol. The number of hydrogen-bond donors (Lipinski definition) is 1. The lowest BCUT2D eigenvalue weighted by atomic mass is 10.2. The maximum atomic E-state index is 11.8. The van der Waals surface area contributed by atoms with Crippen molar-refractivity contribution in [3.63, 3.8) is 0 Å². The number of aromatic carboxylic acids is 1. The van der Waals surface area contributed by atoms with Crippen molar-refractivity contribution in [1.82, 2.24) is 10.3 Å². The number of carbonyl (C=O) groups excluding carboxylic acids is 2. The normalized spacial score (nSPS) is 10.2. The van der Waals surface area contributed by atoms with Crippen LogP contribution in [0.5, 0.6) is 0 Å². The third-order valence-corrected chi connectivity index (χ3v) is 3.81. The van der Waals surface area contributed by atoms with E-state index in [1.807, 2.05) is 30.3 Å².